The molecule has 0 amide bonds. The van der Waals surface area contributed by atoms with Gasteiger partial charge in [-0.15, -0.1) is 0 Å². The third-order valence-corrected chi connectivity index (χ3v) is 5.26. The molecule has 0 spiro atoms. The zero-order valence-electron chi connectivity index (χ0n) is 13.2. The van der Waals surface area contributed by atoms with E-state index in [0.717, 1.165) is 5.56 Å². The Balaban J connectivity index is 1.94. The third kappa shape index (κ3) is 3.36. The Morgan fingerprint density at radius 2 is 1.83 bits per heavy atom. The second kappa shape index (κ2) is 6.54. The minimum absolute atomic E-state index is 0.0665. The Morgan fingerprint density at radius 3 is 2.42 bits per heavy atom. The predicted octanol–water partition coefficient (Wildman–Crippen LogP) is 1.60. The van der Waals surface area contributed by atoms with Crippen LogP contribution in [0.1, 0.15) is 23.1 Å². The molecule has 0 aliphatic carbocycles. The normalized spacial score (nSPS) is 13.1. The van der Waals surface area contributed by atoms with E-state index in [-0.39, 0.29) is 17.2 Å². The molecule has 2 heterocycles. The average molecular weight is 347 g/mol. The highest BCUT2D eigenvalue weighted by molar-refractivity contribution is 7.89. The third-order valence-electron chi connectivity index (χ3n) is 3.55. The van der Waals surface area contributed by atoms with Crippen LogP contribution in [0.25, 0.3) is 0 Å². The SMILES string of the molecule is Cc1noc(C)c1S(=O)(=O)N[C@@H](Cn1nccn1)c1ccccc1. The van der Waals surface area contributed by atoms with Crippen molar-refractivity contribution in [2.75, 3.05) is 0 Å². The van der Waals surface area contributed by atoms with Crippen LogP contribution in [0.4, 0.5) is 0 Å². The van der Waals surface area contributed by atoms with Gasteiger partial charge in [-0.1, -0.05) is 35.5 Å². The maximum absolute atomic E-state index is 12.8. The first-order valence-electron chi connectivity index (χ1n) is 7.31. The zero-order chi connectivity index (χ0) is 17.2. The van der Waals surface area contributed by atoms with Gasteiger partial charge in [-0.3, -0.25) is 0 Å². The summed E-state index contributed by atoms with van der Waals surface area (Å²) in [4.78, 5) is 1.50. The topological polar surface area (TPSA) is 103 Å². The molecule has 9 heteroatoms. The van der Waals surface area contributed by atoms with Gasteiger partial charge in [0.25, 0.3) is 0 Å². The molecule has 3 aromatic rings. The highest BCUT2D eigenvalue weighted by Gasteiger charge is 2.28. The van der Waals surface area contributed by atoms with Gasteiger partial charge in [0.15, 0.2) is 5.76 Å². The van der Waals surface area contributed by atoms with Gasteiger partial charge >= 0.3 is 0 Å². The number of nitrogens with one attached hydrogen (secondary N) is 1. The molecule has 1 N–H and O–H groups in total. The summed E-state index contributed by atoms with van der Waals surface area (Å²) < 4.78 is 33.3. The summed E-state index contributed by atoms with van der Waals surface area (Å²) in [5.74, 6) is 0.254. The second-order valence-electron chi connectivity index (χ2n) is 5.32. The molecule has 24 heavy (non-hydrogen) atoms. The van der Waals surface area contributed by atoms with Gasteiger partial charge in [-0.2, -0.15) is 15.0 Å². The van der Waals surface area contributed by atoms with Gasteiger partial charge in [0, 0.05) is 0 Å². The number of aryl methyl sites for hydroxylation is 2. The number of hydrogen-bond donors (Lipinski definition) is 1. The number of sulfonamides is 1. The lowest BCUT2D eigenvalue weighted by Gasteiger charge is -2.18. The van der Waals surface area contributed by atoms with Gasteiger partial charge in [0.1, 0.15) is 10.6 Å². The molecule has 1 atom stereocenters. The van der Waals surface area contributed by atoms with Crippen molar-refractivity contribution in [3.8, 4) is 0 Å². The summed E-state index contributed by atoms with van der Waals surface area (Å²) in [5.41, 5.74) is 1.13. The van der Waals surface area contributed by atoms with Gasteiger partial charge in [0.05, 0.1) is 25.0 Å². The van der Waals surface area contributed by atoms with E-state index in [4.69, 9.17) is 4.52 Å². The van der Waals surface area contributed by atoms with E-state index < -0.39 is 16.1 Å². The summed E-state index contributed by atoms with van der Waals surface area (Å²) in [6, 6.07) is 8.74. The number of aromatic nitrogens is 4. The molecule has 0 unspecified atom stereocenters. The van der Waals surface area contributed by atoms with Gasteiger partial charge in [-0.25, -0.2) is 13.1 Å². The van der Waals surface area contributed by atoms with E-state index >= 15 is 0 Å². The van der Waals surface area contributed by atoms with Crippen LogP contribution in [0.5, 0.6) is 0 Å². The highest BCUT2D eigenvalue weighted by Crippen LogP contribution is 2.23. The minimum atomic E-state index is -3.80. The molecule has 0 aliphatic heterocycles. The first kappa shape index (κ1) is 16.3. The fourth-order valence-corrected chi connectivity index (χ4v) is 4.05. The number of benzene rings is 1. The fraction of sp³-hybridized carbons (Fsp3) is 0.267. The molecule has 126 valence electrons. The molecule has 0 saturated carbocycles. The molecule has 8 nitrogen and oxygen atoms in total. The molecule has 0 bridgehead atoms. The molecule has 0 fully saturated rings. The predicted molar refractivity (Wildman–Crippen MR) is 85.5 cm³/mol. The van der Waals surface area contributed by atoms with E-state index in [1.165, 1.54) is 4.80 Å². The maximum atomic E-state index is 12.8. The Labute approximate surface area is 139 Å². The lowest BCUT2D eigenvalue weighted by atomic mass is 10.1. The minimum Gasteiger partial charge on any atom is -0.360 e. The van der Waals surface area contributed by atoms with Crippen LogP contribution in [0.3, 0.4) is 0 Å². The van der Waals surface area contributed by atoms with Crippen molar-refractivity contribution in [1.82, 2.24) is 24.9 Å². The van der Waals surface area contributed by atoms with Gasteiger partial charge in [-0.05, 0) is 19.4 Å². The van der Waals surface area contributed by atoms with Crippen LogP contribution in [0.15, 0.2) is 52.1 Å². The quantitative estimate of drug-likeness (QED) is 0.726. The summed E-state index contributed by atoms with van der Waals surface area (Å²) in [7, 11) is -3.80. The molecular formula is C15H17N5O3S. The van der Waals surface area contributed by atoms with Crippen molar-refractivity contribution in [1.29, 1.82) is 0 Å². The van der Waals surface area contributed by atoms with Crippen molar-refractivity contribution in [2.45, 2.75) is 31.3 Å². The van der Waals surface area contributed by atoms with Crippen molar-refractivity contribution >= 4 is 10.0 Å². The van der Waals surface area contributed by atoms with Gasteiger partial charge in [0.2, 0.25) is 10.0 Å². The first-order chi connectivity index (χ1) is 11.5. The molecular weight excluding hydrogens is 330 g/mol. The molecule has 0 radical (unpaired) electrons. The summed E-state index contributed by atoms with van der Waals surface area (Å²) in [6.07, 6.45) is 3.09. The van der Waals surface area contributed by atoms with Crippen molar-refractivity contribution in [3.63, 3.8) is 0 Å². The summed E-state index contributed by atoms with van der Waals surface area (Å²) in [5, 5.41) is 11.8. The Morgan fingerprint density at radius 1 is 1.17 bits per heavy atom. The standard InChI is InChI=1S/C15H17N5O3S/c1-11-15(12(2)23-18-11)24(21,22)19-14(10-20-16-8-9-17-20)13-6-4-3-5-7-13/h3-9,14,19H,10H2,1-2H3/t14-/m0/s1. The Kier molecular flexibility index (Phi) is 4.45. The number of hydrogen-bond acceptors (Lipinski definition) is 6. The molecule has 0 saturated heterocycles. The molecule has 3 rings (SSSR count). The monoisotopic (exact) mass is 347 g/mol. The van der Waals surface area contributed by atoms with E-state index in [1.54, 1.807) is 26.2 Å². The Bertz CT molecular complexity index is 885. The smallest absolute Gasteiger partial charge is 0.246 e. The van der Waals surface area contributed by atoms with Crippen LogP contribution >= 0.6 is 0 Å². The van der Waals surface area contributed by atoms with Crippen molar-refractivity contribution in [2.24, 2.45) is 0 Å². The molecule has 1 aromatic carbocycles. The lowest BCUT2D eigenvalue weighted by Crippen LogP contribution is -2.32. The van der Waals surface area contributed by atoms with Crippen LogP contribution < -0.4 is 4.72 Å². The zero-order valence-corrected chi connectivity index (χ0v) is 14.1. The first-order valence-corrected chi connectivity index (χ1v) is 8.80. The fourth-order valence-electron chi connectivity index (χ4n) is 2.50. The number of rotatable bonds is 6. The van der Waals surface area contributed by atoms with Crippen LogP contribution in [-0.4, -0.2) is 28.6 Å². The number of nitrogens with zero attached hydrogens (tertiary/aromatic N) is 4. The summed E-state index contributed by atoms with van der Waals surface area (Å²) >= 11 is 0. The van der Waals surface area contributed by atoms with E-state index in [9.17, 15) is 8.42 Å². The lowest BCUT2D eigenvalue weighted by molar-refractivity contribution is 0.390. The van der Waals surface area contributed by atoms with E-state index in [1.807, 2.05) is 30.3 Å². The largest absolute Gasteiger partial charge is 0.360 e. The van der Waals surface area contributed by atoms with Crippen LogP contribution in [0.2, 0.25) is 0 Å². The highest BCUT2D eigenvalue weighted by atomic mass is 32.2. The van der Waals surface area contributed by atoms with E-state index in [0.29, 0.717) is 5.69 Å². The second-order valence-corrected chi connectivity index (χ2v) is 6.97. The average Bonchev–Trinajstić information content (AvgIpc) is 3.17. The van der Waals surface area contributed by atoms with Crippen molar-refractivity contribution in [3.05, 3.63) is 59.7 Å². The molecule has 0 aliphatic rings. The summed E-state index contributed by atoms with van der Waals surface area (Å²) in [6.45, 7) is 3.43. The van der Waals surface area contributed by atoms with Gasteiger partial charge < -0.3 is 4.52 Å². The Hall–Kier alpha value is -2.52. The van der Waals surface area contributed by atoms with Crippen LogP contribution in [0, 0.1) is 13.8 Å². The van der Waals surface area contributed by atoms with E-state index in [2.05, 4.69) is 20.1 Å². The van der Waals surface area contributed by atoms with Crippen LogP contribution in [-0.2, 0) is 16.6 Å². The van der Waals surface area contributed by atoms with Crippen molar-refractivity contribution < 1.29 is 12.9 Å². The molecule has 2 aromatic heterocycles. The maximum Gasteiger partial charge on any atom is 0.246 e.